The summed E-state index contributed by atoms with van der Waals surface area (Å²) >= 11 is 5.88. The standard InChI is InChI=1S/C19H25ClN2O2/c1-13-12-16(6-9-21-13)19(24)22-10-7-15(8-11-22)18(23)14-2-4-17(20)5-3-14/h2-5,13,15-16,21H,6-12H2,1H3/t13-,16-/m0/s1. The summed E-state index contributed by atoms with van der Waals surface area (Å²) in [5, 5.41) is 4.03. The summed E-state index contributed by atoms with van der Waals surface area (Å²) in [5.41, 5.74) is 0.719. The van der Waals surface area contributed by atoms with Gasteiger partial charge in [0.1, 0.15) is 0 Å². The Labute approximate surface area is 148 Å². The number of halogens is 1. The Bertz CT molecular complexity index is 594. The highest BCUT2D eigenvalue weighted by atomic mass is 35.5. The molecule has 3 rings (SSSR count). The lowest BCUT2D eigenvalue weighted by Gasteiger charge is -2.36. The van der Waals surface area contributed by atoms with Crippen molar-refractivity contribution in [3.63, 3.8) is 0 Å². The van der Waals surface area contributed by atoms with Gasteiger partial charge < -0.3 is 10.2 Å². The second kappa shape index (κ2) is 7.66. The van der Waals surface area contributed by atoms with Crippen LogP contribution in [0.1, 0.15) is 43.0 Å². The number of piperidine rings is 2. The van der Waals surface area contributed by atoms with Gasteiger partial charge in [0, 0.05) is 41.6 Å². The Hall–Kier alpha value is -1.39. The smallest absolute Gasteiger partial charge is 0.225 e. The van der Waals surface area contributed by atoms with Crippen molar-refractivity contribution in [2.24, 2.45) is 11.8 Å². The van der Waals surface area contributed by atoms with Crippen LogP contribution in [0, 0.1) is 11.8 Å². The van der Waals surface area contributed by atoms with Crippen LogP contribution in [-0.4, -0.2) is 42.3 Å². The molecular weight excluding hydrogens is 324 g/mol. The Morgan fingerprint density at radius 1 is 1.08 bits per heavy atom. The lowest BCUT2D eigenvalue weighted by molar-refractivity contribution is -0.138. The van der Waals surface area contributed by atoms with Crippen molar-refractivity contribution in [2.45, 2.75) is 38.6 Å². The predicted molar refractivity (Wildman–Crippen MR) is 95.3 cm³/mol. The van der Waals surface area contributed by atoms with Gasteiger partial charge in [-0.1, -0.05) is 11.6 Å². The molecule has 0 unspecified atom stereocenters. The molecule has 4 nitrogen and oxygen atoms in total. The summed E-state index contributed by atoms with van der Waals surface area (Å²) in [6.07, 6.45) is 3.36. The Morgan fingerprint density at radius 3 is 2.38 bits per heavy atom. The largest absolute Gasteiger partial charge is 0.342 e. The molecule has 0 aliphatic carbocycles. The lowest BCUT2D eigenvalue weighted by Crippen LogP contribution is -2.47. The fourth-order valence-electron chi connectivity index (χ4n) is 3.83. The zero-order valence-corrected chi connectivity index (χ0v) is 14.9. The molecule has 1 N–H and O–H groups in total. The van der Waals surface area contributed by atoms with Gasteiger partial charge in [-0.2, -0.15) is 0 Å². The van der Waals surface area contributed by atoms with E-state index in [-0.39, 0.29) is 23.5 Å². The van der Waals surface area contributed by atoms with E-state index < -0.39 is 0 Å². The normalized spacial score (nSPS) is 25.5. The van der Waals surface area contributed by atoms with Crippen molar-refractivity contribution in [2.75, 3.05) is 19.6 Å². The monoisotopic (exact) mass is 348 g/mol. The molecule has 24 heavy (non-hydrogen) atoms. The number of ketones is 1. The number of carbonyl (C=O) groups excluding carboxylic acids is 2. The number of nitrogens with one attached hydrogen (secondary N) is 1. The molecule has 1 amide bonds. The van der Waals surface area contributed by atoms with Gasteiger partial charge in [0.25, 0.3) is 0 Å². The summed E-state index contributed by atoms with van der Waals surface area (Å²) in [6.45, 7) is 4.45. The maximum Gasteiger partial charge on any atom is 0.225 e. The molecule has 0 radical (unpaired) electrons. The van der Waals surface area contributed by atoms with Crippen molar-refractivity contribution < 1.29 is 9.59 Å². The number of Topliss-reactive ketones (excluding diaryl/α,β-unsaturated/α-hetero) is 1. The molecule has 5 heteroatoms. The van der Waals surface area contributed by atoms with Crippen molar-refractivity contribution in [1.29, 1.82) is 0 Å². The minimum Gasteiger partial charge on any atom is -0.342 e. The van der Waals surface area contributed by atoms with Crippen LogP contribution in [0.15, 0.2) is 24.3 Å². The van der Waals surface area contributed by atoms with E-state index in [9.17, 15) is 9.59 Å². The molecule has 2 aliphatic heterocycles. The van der Waals surface area contributed by atoms with Crippen LogP contribution in [0.3, 0.4) is 0 Å². The van der Waals surface area contributed by atoms with Crippen LogP contribution in [0.2, 0.25) is 5.02 Å². The highest BCUT2D eigenvalue weighted by molar-refractivity contribution is 6.30. The lowest BCUT2D eigenvalue weighted by atomic mass is 9.87. The second-order valence-corrected chi connectivity index (χ2v) is 7.48. The minimum atomic E-state index is 0.0159. The molecule has 2 aliphatic rings. The maximum absolute atomic E-state index is 12.7. The summed E-state index contributed by atoms with van der Waals surface area (Å²) < 4.78 is 0. The zero-order chi connectivity index (χ0) is 17.1. The quantitative estimate of drug-likeness (QED) is 0.854. The summed E-state index contributed by atoms with van der Waals surface area (Å²) in [5.74, 6) is 0.613. The van der Waals surface area contributed by atoms with Crippen LogP contribution in [0.25, 0.3) is 0 Å². The number of carbonyl (C=O) groups is 2. The average Bonchev–Trinajstić information content (AvgIpc) is 2.61. The molecule has 2 saturated heterocycles. The molecule has 0 bridgehead atoms. The number of likely N-dealkylation sites (tertiary alicyclic amines) is 1. The van der Waals surface area contributed by atoms with Crippen molar-refractivity contribution in [3.05, 3.63) is 34.9 Å². The van der Waals surface area contributed by atoms with Crippen molar-refractivity contribution in [1.82, 2.24) is 10.2 Å². The Morgan fingerprint density at radius 2 is 1.75 bits per heavy atom. The zero-order valence-electron chi connectivity index (χ0n) is 14.1. The third-order valence-corrected chi connectivity index (χ3v) is 5.53. The van der Waals surface area contributed by atoms with Crippen molar-refractivity contribution >= 4 is 23.3 Å². The first kappa shape index (κ1) is 17.4. The third kappa shape index (κ3) is 3.98. The first-order valence-corrected chi connectivity index (χ1v) is 9.24. The van der Waals surface area contributed by atoms with Gasteiger partial charge in [0.15, 0.2) is 5.78 Å². The number of nitrogens with zero attached hydrogens (tertiary/aromatic N) is 1. The minimum absolute atomic E-state index is 0.0159. The fourth-order valence-corrected chi connectivity index (χ4v) is 3.95. The third-order valence-electron chi connectivity index (χ3n) is 5.28. The van der Waals surface area contributed by atoms with E-state index in [1.54, 1.807) is 24.3 Å². The number of rotatable bonds is 3. The van der Waals surface area contributed by atoms with Gasteiger partial charge in [-0.3, -0.25) is 9.59 Å². The van der Waals surface area contributed by atoms with E-state index in [4.69, 9.17) is 11.6 Å². The second-order valence-electron chi connectivity index (χ2n) is 7.05. The van der Waals surface area contributed by atoms with E-state index >= 15 is 0 Å². The van der Waals surface area contributed by atoms with Crippen LogP contribution >= 0.6 is 11.6 Å². The van der Waals surface area contributed by atoms with E-state index in [1.807, 2.05) is 4.90 Å². The molecule has 0 spiro atoms. The topological polar surface area (TPSA) is 49.4 Å². The predicted octanol–water partition coefficient (Wildman–Crippen LogP) is 3.15. The van der Waals surface area contributed by atoms with E-state index in [0.717, 1.165) is 37.8 Å². The molecule has 0 aromatic heterocycles. The molecule has 2 fully saturated rings. The number of benzene rings is 1. The van der Waals surface area contributed by atoms with E-state index in [0.29, 0.717) is 24.2 Å². The number of amides is 1. The Kier molecular flexibility index (Phi) is 5.57. The average molecular weight is 349 g/mol. The first-order chi connectivity index (χ1) is 11.5. The summed E-state index contributed by atoms with van der Waals surface area (Å²) in [6, 6.07) is 7.51. The summed E-state index contributed by atoms with van der Waals surface area (Å²) in [7, 11) is 0. The Balaban J connectivity index is 1.54. The van der Waals surface area contributed by atoms with Gasteiger partial charge in [-0.25, -0.2) is 0 Å². The maximum atomic E-state index is 12.7. The van der Waals surface area contributed by atoms with Crippen LogP contribution in [-0.2, 0) is 4.79 Å². The van der Waals surface area contributed by atoms with Gasteiger partial charge >= 0.3 is 0 Å². The van der Waals surface area contributed by atoms with E-state index in [1.165, 1.54) is 0 Å². The molecule has 2 atom stereocenters. The number of hydrogen-bond donors (Lipinski definition) is 1. The SMILES string of the molecule is C[C@H]1C[C@@H](C(=O)N2CCC(C(=O)c3ccc(Cl)cc3)CC2)CCN1. The molecule has 2 heterocycles. The highest BCUT2D eigenvalue weighted by Gasteiger charge is 2.32. The number of hydrogen-bond acceptors (Lipinski definition) is 3. The van der Waals surface area contributed by atoms with E-state index in [2.05, 4.69) is 12.2 Å². The van der Waals surface area contributed by atoms with Crippen LogP contribution in [0.5, 0.6) is 0 Å². The van der Waals surface area contributed by atoms with Crippen LogP contribution < -0.4 is 5.32 Å². The molecule has 1 aromatic rings. The van der Waals surface area contributed by atoms with Gasteiger partial charge in [0.05, 0.1) is 0 Å². The fraction of sp³-hybridized carbons (Fsp3) is 0.579. The van der Waals surface area contributed by atoms with Gasteiger partial charge in [-0.15, -0.1) is 0 Å². The van der Waals surface area contributed by atoms with Gasteiger partial charge in [0.2, 0.25) is 5.91 Å². The highest BCUT2D eigenvalue weighted by Crippen LogP contribution is 2.26. The molecular formula is C19H25ClN2O2. The van der Waals surface area contributed by atoms with Crippen molar-refractivity contribution in [3.8, 4) is 0 Å². The molecule has 0 saturated carbocycles. The molecule has 130 valence electrons. The first-order valence-electron chi connectivity index (χ1n) is 8.86. The van der Waals surface area contributed by atoms with Crippen LogP contribution in [0.4, 0.5) is 0 Å². The summed E-state index contributed by atoms with van der Waals surface area (Å²) in [4.78, 5) is 27.2. The molecule has 1 aromatic carbocycles. The van der Waals surface area contributed by atoms with Gasteiger partial charge in [-0.05, 0) is 63.4 Å².